The van der Waals surface area contributed by atoms with E-state index in [0.29, 0.717) is 0 Å². The molecular formula is C38H45N3O6. The van der Waals surface area contributed by atoms with Gasteiger partial charge >= 0.3 is 12.1 Å². The first kappa shape index (κ1) is 33.7. The van der Waals surface area contributed by atoms with Gasteiger partial charge in [-0.05, 0) is 81.3 Å². The number of fused-ring (bicyclic) bond motifs is 3. The van der Waals surface area contributed by atoms with Crippen molar-refractivity contribution in [1.29, 1.82) is 0 Å². The molecule has 2 N–H and O–H groups in total. The minimum absolute atomic E-state index is 0.0327. The van der Waals surface area contributed by atoms with E-state index >= 15 is 0 Å². The minimum atomic E-state index is -1.01. The quantitative estimate of drug-likeness (QED) is 0.295. The first-order chi connectivity index (χ1) is 22.3. The van der Waals surface area contributed by atoms with Crippen LogP contribution in [-0.4, -0.2) is 65.7 Å². The van der Waals surface area contributed by atoms with Crippen molar-refractivity contribution >= 4 is 23.9 Å². The number of nitrogens with one attached hydrogen (secondary N) is 2. The number of alkyl carbamates (subject to hydrolysis) is 1. The summed E-state index contributed by atoms with van der Waals surface area (Å²) in [7, 11) is 0. The van der Waals surface area contributed by atoms with Crippen molar-refractivity contribution in [3.63, 3.8) is 0 Å². The van der Waals surface area contributed by atoms with Crippen LogP contribution in [0.5, 0.6) is 0 Å². The number of nitrogens with zero attached hydrogens (tertiary/aromatic N) is 1. The summed E-state index contributed by atoms with van der Waals surface area (Å²) in [5.41, 5.74) is 6.72. The third-order valence-electron chi connectivity index (χ3n) is 8.72. The Hall–Kier alpha value is -4.66. The zero-order valence-corrected chi connectivity index (χ0v) is 28.1. The molecule has 0 saturated carbocycles. The fraction of sp³-hybridized carbons (Fsp3) is 0.421. The predicted octanol–water partition coefficient (Wildman–Crippen LogP) is 5.59. The van der Waals surface area contributed by atoms with Gasteiger partial charge in [-0.15, -0.1) is 0 Å². The topological polar surface area (TPSA) is 114 Å². The highest BCUT2D eigenvalue weighted by molar-refractivity contribution is 5.93. The molecule has 1 aliphatic heterocycles. The van der Waals surface area contributed by atoms with E-state index < -0.39 is 35.7 Å². The highest BCUT2D eigenvalue weighted by atomic mass is 16.6. The lowest BCUT2D eigenvalue weighted by atomic mass is 9.96. The fourth-order valence-electron chi connectivity index (χ4n) is 6.60. The molecule has 5 rings (SSSR count). The Kier molecular flexibility index (Phi) is 10.0. The molecule has 1 fully saturated rings. The van der Waals surface area contributed by atoms with E-state index in [-0.39, 0.29) is 50.3 Å². The van der Waals surface area contributed by atoms with Crippen molar-refractivity contribution < 1.29 is 28.7 Å². The smallest absolute Gasteiger partial charge is 0.407 e. The standard InChI is InChI=1S/C38H45N3O6/c1-23-15-16-26(24(2)19-23)20-32(36(44)41-21-25(3)39-35(43)33(41)17-18-34(42)47-38(4,5)6)40-37(45)46-22-31-29-13-9-7-11-27(29)28-12-8-10-14-30(28)31/h7-16,19,25,31-33H,17-18,20-22H2,1-6H3,(H,39,43)(H,40,45)/t25-,32-,33+/m1/s1. The van der Waals surface area contributed by atoms with Gasteiger partial charge in [0.1, 0.15) is 24.3 Å². The number of amides is 3. The molecule has 0 aromatic heterocycles. The number of aryl methyl sites for hydroxylation is 2. The maximum absolute atomic E-state index is 14.3. The Morgan fingerprint density at radius 3 is 2.23 bits per heavy atom. The van der Waals surface area contributed by atoms with E-state index in [1.54, 1.807) is 20.8 Å². The lowest BCUT2D eigenvalue weighted by molar-refractivity contribution is -0.156. The van der Waals surface area contributed by atoms with Gasteiger partial charge in [0.2, 0.25) is 11.8 Å². The second kappa shape index (κ2) is 14.0. The second-order valence-electron chi connectivity index (χ2n) is 13.7. The average Bonchev–Trinajstić information content (AvgIpc) is 3.32. The Morgan fingerprint density at radius 1 is 0.979 bits per heavy atom. The van der Waals surface area contributed by atoms with Crippen molar-refractivity contribution in [2.75, 3.05) is 13.2 Å². The van der Waals surface area contributed by atoms with Crippen molar-refractivity contribution in [3.05, 3.63) is 94.5 Å². The van der Waals surface area contributed by atoms with Gasteiger partial charge in [-0.25, -0.2) is 4.79 Å². The van der Waals surface area contributed by atoms with Crippen LogP contribution in [-0.2, 0) is 30.3 Å². The van der Waals surface area contributed by atoms with E-state index in [1.807, 2.05) is 75.4 Å². The summed E-state index contributed by atoms with van der Waals surface area (Å²) in [5, 5.41) is 5.75. The predicted molar refractivity (Wildman–Crippen MR) is 180 cm³/mol. The fourth-order valence-corrected chi connectivity index (χ4v) is 6.60. The van der Waals surface area contributed by atoms with Crippen LogP contribution in [0.2, 0.25) is 0 Å². The molecular weight excluding hydrogens is 594 g/mol. The van der Waals surface area contributed by atoms with E-state index in [0.717, 1.165) is 38.9 Å². The van der Waals surface area contributed by atoms with Gasteiger partial charge in [-0.3, -0.25) is 14.4 Å². The molecule has 47 heavy (non-hydrogen) atoms. The van der Waals surface area contributed by atoms with Crippen LogP contribution < -0.4 is 10.6 Å². The molecule has 3 atom stereocenters. The maximum Gasteiger partial charge on any atom is 0.407 e. The first-order valence-electron chi connectivity index (χ1n) is 16.3. The van der Waals surface area contributed by atoms with Crippen LogP contribution in [0.3, 0.4) is 0 Å². The van der Waals surface area contributed by atoms with E-state index in [1.165, 1.54) is 4.90 Å². The summed E-state index contributed by atoms with van der Waals surface area (Å²) >= 11 is 0. The molecule has 1 heterocycles. The SMILES string of the molecule is Cc1ccc(C[C@@H](NC(=O)OCC2c3ccccc3-c3ccccc32)C(=O)N2C[C@@H](C)NC(=O)[C@@H]2CCC(=O)OC(C)(C)C)c(C)c1. The molecule has 3 amide bonds. The number of esters is 1. The summed E-state index contributed by atoms with van der Waals surface area (Å²) in [5.74, 6) is -1.33. The molecule has 9 heteroatoms. The molecule has 0 spiro atoms. The van der Waals surface area contributed by atoms with Gasteiger partial charge in [-0.2, -0.15) is 0 Å². The van der Waals surface area contributed by atoms with Crippen LogP contribution in [0.4, 0.5) is 4.79 Å². The number of hydrogen-bond donors (Lipinski definition) is 2. The lowest BCUT2D eigenvalue weighted by Crippen LogP contribution is -2.64. The van der Waals surface area contributed by atoms with Crippen LogP contribution in [0, 0.1) is 13.8 Å². The highest BCUT2D eigenvalue weighted by Gasteiger charge is 2.40. The van der Waals surface area contributed by atoms with Gasteiger partial charge in [-0.1, -0.05) is 72.3 Å². The number of hydrogen-bond acceptors (Lipinski definition) is 6. The summed E-state index contributed by atoms with van der Waals surface area (Å²) in [6.45, 7) is 11.5. The van der Waals surface area contributed by atoms with Crippen LogP contribution in [0.25, 0.3) is 11.1 Å². The zero-order chi connectivity index (χ0) is 33.9. The molecule has 0 radical (unpaired) electrons. The Bertz CT molecular complexity index is 1620. The molecule has 2 aliphatic rings. The second-order valence-corrected chi connectivity index (χ2v) is 13.7. The van der Waals surface area contributed by atoms with E-state index in [4.69, 9.17) is 9.47 Å². The maximum atomic E-state index is 14.3. The van der Waals surface area contributed by atoms with Crippen LogP contribution >= 0.6 is 0 Å². The molecule has 3 aromatic carbocycles. The first-order valence-corrected chi connectivity index (χ1v) is 16.3. The summed E-state index contributed by atoms with van der Waals surface area (Å²) in [6, 6.07) is 19.9. The number of benzene rings is 3. The third kappa shape index (κ3) is 8.02. The minimum Gasteiger partial charge on any atom is -0.460 e. The van der Waals surface area contributed by atoms with Crippen molar-refractivity contribution in [2.45, 2.75) is 90.4 Å². The Balaban J connectivity index is 1.35. The molecule has 0 unspecified atom stereocenters. The van der Waals surface area contributed by atoms with Crippen LogP contribution in [0.15, 0.2) is 66.7 Å². The summed E-state index contributed by atoms with van der Waals surface area (Å²) in [4.78, 5) is 55.0. The van der Waals surface area contributed by atoms with Crippen molar-refractivity contribution in [2.24, 2.45) is 0 Å². The largest absolute Gasteiger partial charge is 0.460 e. The van der Waals surface area contributed by atoms with Crippen LogP contribution in [0.1, 0.15) is 74.3 Å². The van der Waals surface area contributed by atoms with Crippen molar-refractivity contribution in [1.82, 2.24) is 15.5 Å². The zero-order valence-electron chi connectivity index (χ0n) is 28.1. The number of rotatable bonds is 9. The molecule has 1 aliphatic carbocycles. The monoisotopic (exact) mass is 639 g/mol. The number of ether oxygens (including phenoxy) is 2. The summed E-state index contributed by atoms with van der Waals surface area (Å²) < 4.78 is 11.3. The normalized spacial score (nSPS) is 18.1. The van der Waals surface area contributed by atoms with E-state index in [2.05, 4.69) is 22.8 Å². The molecule has 3 aromatic rings. The molecule has 9 nitrogen and oxygen atoms in total. The van der Waals surface area contributed by atoms with Gasteiger partial charge in [0, 0.05) is 31.3 Å². The lowest BCUT2D eigenvalue weighted by Gasteiger charge is -2.40. The average molecular weight is 640 g/mol. The van der Waals surface area contributed by atoms with Crippen molar-refractivity contribution in [3.8, 4) is 11.1 Å². The Morgan fingerprint density at radius 2 is 1.62 bits per heavy atom. The van der Waals surface area contributed by atoms with E-state index in [9.17, 15) is 19.2 Å². The highest BCUT2D eigenvalue weighted by Crippen LogP contribution is 2.44. The summed E-state index contributed by atoms with van der Waals surface area (Å²) in [6.07, 6.45) is -0.439. The van der Waals surface area contributed by atoms with Gasteiger partial charge in [0.15, 0.2) is 0 Å². The number of piperazine rings is 1. The van der Waals surface area contributed by atoms with Gasteiger partial charge < -0.3 is 25.0 Å². The molecule has 1 saturated heterocycles. The molecule has 0 bridgehead atoms. The van der Waals surface area contributed by atoms with Gasteiger partial charge in [0.05, 0.1) is 0 Å². The molecule has 248 valence electrons. The number of carbonyl (C=O) groups excluding carboxylic acids is 4. The van der Waals surface area contributed by atoms with Gasteiger partial charge in [0.25, 0.3) is 0 Å². The Labute approximate surface area is 277 Å². The number of carbonyl (C=O) groups is 4. The third-order valence-corrected chi connectivity index (χ3v) is 8.72.